The van der Waals surface area contributed by atoms with Crippen LogP contribution in [0.5, 0.6) is 0 Å². The van der Waals surface area contributed by atoms with E-state index >= 15 is 0 Å². The van der Waals surface area contributed by atoms with Gasteiger partial charge in [0.2, 0.25) is 5.95 Å². The van der Waals surface area contributed by atoms with Crippen LogP contribution in [0.2, 0.25) is 0 Å². The van der Waals surface area contributed by atoms with Gasteiger partial charge in [0, 0.05) is 0 Å². The largest absolute Gasteiger partial charge is 0.469 e. The number of hydrogen-bond donors (Lipinski definition) is 9. The molecule has 0 aliphatic carbocycles. The summed E-state index contributed by atoms with van der Waals surface area (Å²) >= 11 is 0. The Hall–Kier alpha value is -2.06. The van der Waals surface area contributed by atoms with Gasteiger partial charge < -0.3 is 55.6 Å². The molecule has 35 heavy (non-hydrogen) atoms. The number of nitrogen functional groups attached to an aromatic ring is 1. The van der Waals surface area contributed by atoms with Gasteiger partial charge in [-0.2, -0.15) is 4.98 Å². The Kier molecular flexibility index (Phi) is 7.01. The van der Waals surface area contributed by atoms with E-state index in [1.807, 2.05) is 0 Å². The van der Waals surface area contributed by atoms with Crippen molar-refractivity contribution in [3.8, 4) is 0 Å². The number of phosphoric acid groups is 1. The van der Waals surface area contributed by atoms with Crippen molar-refractivity contribution in [3.63, 3.8) is 0 Å². The number of aliphatic hydroxyl groups excluding tert-OH is 6. The zero-order valence-electron chi connectivity index (χ0n) is 17.6. The van der Waals surface area contributed by atoms with Crippen LogP contribution >= 0.6 is 7.82 Å². The van der Waals surface area contributed by atoms with Crippen molar-refractivity contribution < 1.29 is 59.0 Å². The molecule has 9 atom stereocenters. The highest BCUT2D eigenvalue weighted by atomic mass is 31.2. The molecule has 18 nitrogen and oxygen atoms in total. The minimum absolute atomic E-state index is 0.250. The summed E-state index contributed by atoms with van der Waals surface area (Å²) in [6.07, 6.45) is -13.6. The van der Waals surface area contributed by atoms with Crippen molar-refractivity contribution in [3.05, 3.63) is 16.7 Å². The third-order valence-electron chi connectivity index (χ3n) is 5.80. The van der Waals surface area contributed by atoms with Gasteiger partial charge in [-0.25, -0.2) is 9.55 Å². The average molecular weight is 525 g/mol. The second kappa shape index (κ2) is 9.43. The highest BCUT2D eigenvalue weighted by Crippen LogP contribution is 2.39. The van der Waals surface area contributed by atoms with Gasteiger partial charge in [-0.05, 0) is 0 Å². The predicted octanol–water partition coefficient (Wildman–Crippen LogP) is -5.12. The van der Waals surface area contributed by atoms with Crippen LogP contribution in [-0.2, 0) is 18.6 Å². The zero-order chi connectivity index (χ0) is 25.8. The van der Waals surface area contributed by atoms with Crippen LogP contribution < -0.4 is 11.3 Å². The summed E-state index contributed by atoms with van der Waals surface area (Å²) < 4.78 is 28.3. The van der Waals surface area contributed by atoms with Crippen LogP contribution in [-0.4, -0.2) is 115 Å². The number of nitrogens with zero attached hydrogens (tertiary/aromatic N) is 4. The van der Waals surface area contributed by atoms with Crippen LogP contribution in [0.4, 0.5) is 5.95 Å². The molecule has 196 valence electrons. The number of imidazole rings is 1. The summed E-state index contributed by atoms with van der Waals surface area (Å²) in [5.41, 5.74) is 4.39. The first kappa shape index (κ1) is 26.0. The molecule has 0 radical (unpaired) electrons. The van der Waals surface area contributed by atoms with Crippen molar-refractivity contribution in [2.75, 3.05) is 18.9 Å². The Balaban J connectivity index is 1.79. The number of ether oxygens (including phenoxy) is 2. The fourth-order valence-electron chi connectivity index (χ4n) is 4.06. The van der Waals surface area contributed by atoms with Crippen LogP contribution in [0.3, 0.4) is 0 Å². The van der Waals surface area contributed by atoms with Gasteiger partial charge in [0.1, 0.15) is 42.7 Å². The number of fused-ring (bicyclic) bond motifs is 1. The number of phosphoric ester groups is 1. The monoisotopic (exact) mass is 525 g/mol. The SMILES string of the molecule is Nc1nc(=O)c2ncn([C@@H]3O[C@H](COP(=O)(O)O)[C@@H](O)[C@H]3O)c2n1C1O[C@H](CO)[C@@H](O)[C@H](O)[C@H]1O. The molecule has 2 aromatic rings. The van der Waals surface area contributed by atoms with E-state index in [0.29, 0.717) is 0 Å². The van der Waals surface area contributed by atoms with Crippen LogP contribution in [0.1, 0.15) is 12.5 Å². The van der Waals surface area contributed by atoms with Gasteiger partial charge >= 0.3 is 13.4 Å². The van der Waals surface area contributed by atoms with E-state index in [-0.39, 0.29) is 11.2 Å². The molecule has 4 heterocycles. The van der Waals surface area contributed by atoms with E-state index in [1.165, 1.54) is 0 Å². The predicted molar refractivity (Wildman–Crippen MR) is 109 cm³/mol. The van der Waals surface area contributed by atoms with Gasteiger partial charge in [-0.15, -0.1) is 0 Å². The maximum absolute atomic E-state index is 12.4. The maximum Gasteiger partial charge on any atom is 0.469 e. The molecule has 1 unspecified atom stereocenters. The zero-order valence-corrected chi connectivity index (χ0v) is 18.5. The molecule has 0 saturated carbocycles. The topological polar surface area (TPSA) is 285 Å². The summed E-state index contributed by atoms with van der Waals surface area (Å²) in [7, 11) is -4.92. The molecular weight excluding hydrogens is 501 g/mol. The van der Waals surface area contributed by atoms with Gasteiger partial charge in [-0.1, -0.05) is 0 Å². The molecule has 2 aliphatic heterocycles. The lowest BCUT2D eigenvalue weighted by atomic mass is 9.98. The fraction of sp³-hybridized carbons (Fsp3) is 0.688. The highest BCUT2D eigenvalue weighted by molar-refractivity contribution is 7.46. The first-order valence-corrected chi connectivity index (χ1v) is 11.7. The van der Waals surface area contributed by atoms with Gasteiger partial charge in [0.15, 0.2) is 23.6 Å². The quantitative estimate of drug-likeness (QED) is 0.159. The number of aliphatic hydroxyl groups is 6. The number of aromatic nitrogens is 4. The summed E-state index contributed by atoms with van der Waals surface area (Å²) in [5, 5.41) is 61.2. The van der Waals surface area contributed by atoms with Crippen molar-refractivity contribution in [1.29, 1.82) is 0 Å². The Labute approximate surface area is 194 Å². The number of rotatable bonds is 6. The van der Waals surface area contributed by atoms with Gasteiger partial charge in [0.05, 0.1) is 19.5 Å². The molecule has 19 heteroatoms. The Morgan fingerprint density at radius 1 is 1.00 bits per heavy atom. The fourth-order valence-corrected chi connectivity index (χ4v) is 4.40. The molecule has 10 N–H and O–H groups in total. The van der Waals surface area contributed by atoms with E-state index in [0.717, 1.165) is 15.5 Å². The maximum atomic E-state index is 12.4. The molecule has 2 aliphatic rings. The lowest BCUT2D eigenvalue weighted by Crippen LogP contribution is -2.56. The van der Waals surface area contributed by atoms with Crippen LogP contribution in [0.25, 0.3) is 11.2 Å². The molecule has 4 rings (SSSR count). The Morgan fingerprint density at radius 3 is 2.23 bits per heavy atom. The van der Waals surface area contributed by atoms with Crippen molar-refractivity contribution in [2.45, 2.75) is 55.2 Å². The minimum Gasteiger partial charge on any atom is -0.394 e. The molecule has 0 amide bonds. The standard InChI is InChI=1S/C16H24N5O13P/c17-16-19-12(28)6-13(21(16)15-11(27)9(25)7(23)4(1-22)33-15)20(3-18-6)14-10(26)8(24)5(34-14)2-32-35(29,30)31/h3-5,7-11,14-15,22-27H,1-2H2,(H2,17,19,28)(H2,29,30,31)/t4-,5-,7-,8-,9+,10-,11-,14-,15?/m1/s1. The van der Waals surface area contributed by atoms with Crippen molar-refractivity contribution >= 4 is 24.9 Å². The smallest absolute Gasteiger partial charge is 0.394 e. The molecule has 0 spiro atoms. The lowest BCUT2D eigenvalue weighted by Gasteiger charge is -2.41. The van der Waals surface area contributed by atoms with E-state index < -0.39 is 87.7 Å². The first-order chi connectivity index (χ1) is 16.4. The van der Waals surface area contributed by atoms with E-state index in [1.54, 1.807) is 0 Å². The average Bonchev–Trinajstić information content (AvgIpc) is 3.33. The van der Waals surface area contributed by atoms with Crippen LogP contribution in [0.15, 0.2) is 11.1 Å². The third kappa shape index (κ3) is 4.59. The van der Waals surface area contributed by atoms with Crippen molar-refractivity contribution in [1.82, 2.24) is 19.1 Å². The second-order valence-corrected chi connectivity index (χ2v) is 9.26. The molecule has 0 bridgehead atoms. The van der Waals surface area contributed by atoms with Crippen LogP contribution in [0, 0.1) is 0 Å². The van der Waals surface area contributed by atoms with Gasteiger partial charge in [-0.3, -0.25) is 18.5 Å². The minimum atomic E-state index is -4.92. The lowest BCUT2D eigenvalue weighted by molar-refractivity contribution is -0.250. The molecule has 0 aromatic carbocycles. The molecular formula is C16H24N5O13P. The Morgan fingerprint density at radius 2 is 1.60 bits per heavy atom. The highest BCUT2D eigenvalue weighted by Gasteiger charge is 2.48. The Bertz CT molecular complexity index is 1180. The molecule has 2 aromatic heterocycles. The van der Waals surface area contributed by atoms with Gasteiger partial charge in [0.25, 0.3) is 0 Å². The number of anilines is 1. The number of hydrogen-bond acceptors (Lipinski definition) is 14. The van der Waals surface area contributed by atoms with Crippen molar-refractivity contribution in [2.24, 2.45) is 0 Å². The molecule has 2 fully saturated rings. The molecule has 2 saturated heterocycles. The second-order valence-electron chi connectivity index (χ2n) is 8.02. The van der Waals surface area contributed by atoms with E-state index in [9.17, 15) is 40.0 Å². The summed E-state index contributed by atoms with van der Waals surface area (Å²) in [5.74, 6) is -0.539. The summed E-state index contributed by atoms with van der Waals surface area (Å²) in [6, 6.07) is 0. The van der Waals surface area contributed by atoms with E-state index in [4.69, 9.17) is 25.0 Å². The number of nitrogens with two attached hydrogens (primary N) is 1. The first-order valence-electron chi connectivity index (χ1n) is 10.1. The summed E-state index contributed by atoms with van der Waals surface area (Å²) in [6.45, 7) is -1.55. The normalized spacial score (nSPS) is 36.2. The summed E-state index contributed by atoms with van der Waals surface area (Å²) in [4.78, 5) is 37.7. The third-order valence-corrected chi connectivity index (χ3v) is 6.29. The van der Waals surface area contributed by atoms with E-state index in [2.05, 4.69) is 14.5 Å².